The van der Waals surface area contributed by atoms with Crippen molar-refractivity contribution < 1.29 is 0 Å². The summed E-state index contributed by atoms with van der Waals surface area (Å²) in [5.41, 5.74) is 5.65. The Balaban J connectivity index is 1.95. The monoisotopic (exact) mass is 426 g/mol. The maximum absolute atomic E-state index is 3.94. The van der Waals surface area contributed by atoms with Gasteiger partial charge in [-0.15, -0.1) is 11.3 Å². The van der Waals surface area contributed by atoms with Crippen LogP contribution in [-0.2, 0) is 12.8 Å². The summed E-state index contributed by atoms with van der Waals surface area (Å²) in [7, 11) is 0. The third-order valence-electron chi connectivity index (χ3n) is 4.34. The average Bonchev–Trinajstić information content (AvgIpc) is 2.73. The van der Waals surface area contributed by atoms with E-state index < -0.39 is 0 Å². The van der Waals surface area contributed by atoms with E-state index in [4.69, 9.17) is 0 Å². The first-order valence-corrected chi connectivity index (χ1v) is 10.1. The number of aryl methyl sites for hydroxylation is 4. The van der Waals surface area contributed by atoms with Crippen molar-refractivity contribution in [1.29, 1.82) is 0 Å². The van der Waals surface area contributed by atoms with E-state index in [2.05, 4.69) is 63.9 Å². The van der Waals surface area contributed by atoms with E-state index in [1.807, 2.05) is 11.3 Å². The predicted molar refractivity (Wildman–Crippen MR) is 100.0 cm³/mol. The molecule has 1 aliphatic rings. The number of halogens is 2. The topological polar surface area (TPSA) is 0 Å². The van der Waals surface area contributed by atoms with Gasteiger partial charge in [-0.3, -0.25) is 0 Å². The largest absolute Gasteiger partial charge is 0.144 e. The van der Waals surface area contributed by atoms with Crippen LogP contribution in [0.2, 0.25) is 0 Å². The SMILES string of the molecule is Cc1cc(C(Br)c2cc3c(s2)CCCCC3)c(C)cc1Br. The first-order chi connectivity index (χ1) is 10.1. The average molecular weight is 428 g/mol. The fourth-order valence-electron chi connectivity index (χ4n) is 3.04. The molecule has 0 radical (unpaired) electrons. The van der Waals surface area contributed by atoms with Crippen LogP contribution in [0.15, 0.2) is 22.7 Å². The summed E-state index contributed by atoms with van der Waals surface area (Å²) in [6.07, 6.45) is 6.64. The van der Waals surface area contributed by atoms with Crippen LogP contribution in [0.4, 0.5) is 0 Å². The molecule has 0 saturated carbocycles. The van der Waals surface area contributed by atoms with E-state index in [0.717, 1.165) is 0 Å². The molecule has 0 saturated heterocycles. The highest BCUT2D eigenvalue weighted by atomic mass is 79.9. The van der Waals surface area contributed by atoms with Gasteiger partial charge in [-0.2, -0.15) is 0 Å². The smallest absolute Gasteiger partial charge is 0.0740 e. The molecule has 1 unspecified atom stereocenters. The van der Waals surface area contributed by atoms with Gasteiger partial charge in [0.1, 0.15) is 0 Å². The molecule has 3 heteroatoms. The Morgan fingerprint density at radius 1 is 1.00 bits per heavy atom. The predicted octanol–water partition coefficient (Wildman–Crippen LogP) is 6.88. The van der Waals surface area contributed by atoms with Crippen LogP contribution in [0, 0.1) is 13.8 Å². The van der Waals surface area contributed by atoms with Crippen molar-refractivity contribution in [2.24, 2.45) is 0 Å². The molecule has 21 heavy (non-hydrogen) atoms. The van der Waals surface area contributed by atoms with E-state index in [0.29, 0.717) is 4.83 Å². The van der Waals surface area contributed by atoms with Crippen LogP contribution < -0.4 is 0 Å². The van der Waals surface area contributed by atoms with E-state index in [-0.39, 0.29) is 0 Å². The Morgan fingerprint density at radius 2 is 1.76 bits per heavy atom. The lowest BCUT2D eigenvalue weighted by Crippen LogP contribution is -1.95. The normalized spacial score (nSPS) is 16.4. The number of thiophene rings is 1. The minimum Gasteiger partial charge on any atom is -0.144 e. The highest BCUT2D eigenvalue weighted by Crippen LogP contribution is 2.41. The number of fused-ring (bicyclic) bond motifs is 1. The third kappa shape index (κ3) is 3.30. The molecule has 0 bridgehead atoms. The molecule has 2 aromatic rings. The minimum absolute atomic E-state index is 0.321. The zero-order chi connectivity index (χ0) is 15.0. The molecular formula is C18H20Br2S. The molecule has 1 aliphatic carbocycles. The van der Waals surface area contributed by atoms with E-state index >= 15 is 0 Å². The van der Waals surface area contributed by atoms with Crippen LogP contribution in [0.3, 0.4) is 0 Å². The zero-order valence-electron chi connectivity index (χ0n) is 12.5. The quantitative estimate of drug-likeness (QED) is 0.361. The Labute approximate surface area is 148 Å². The van der Waals surface area contributed by atoms with Gasteiger partial charge in [0.05, 0.1) is 4.83 Å². The van der Waals surface area contributed by atoms with Crippen molar-refractivity contribution in [3.05, 3.63) is 54.7 Å². The van der Waals surface area contributed by atoms with Gasteiger partial charge in [0.15, 0.2) is 0 Å². The highest BCUT2D eigenvalue weighted by Gasteiger charge is 2.19. The molecule has 0 N–H and O–H groups in total. The van der Waals surface area contributed by atoms with Crippen molar-refractivity contribution in [3.63, 3.8) is 0 Å². The Kier molecular flexibility index (Phi) is 4.92. The minimum atomic E-state index is 0.321. The second kappa shape index (κ2) is 6.55. The van der Waals surface area contributed by atoms with Gasteiger partial charge in [0.25, 0.3) is 0 Å². The Hall–Kier alpha value is -0.120. The number of rotatable bonds is 2. The van der Waals surface area contributed by atoms with Gasteiger partial charge in [0.2, 0.25) is 0 Å². The fourth-order valence-corrected chi connectivity index (χ4v) is 5.66. The number of benzene rings is 1. The van der Waals surface area contributed by atoms with Gasteiger partial charge in [-0.05, 0) is 73.9 Å². The summed E-state index contributed by atoms with van der Waals surface area (Å²) < 4.78 is 1.20. The summed E-state index contributed by atoms with van der Waals surface area (Å²) in [5, 5.41) is 0. The van der Waals surface area contributed by atoms with Crippen molar-refractivity contribution in [1.82, 2.24) is 0 Å². The molecule has 1 atom stereocenters. The first kappa shape index (κ1) is 15.8. The summed E-state index contributed by atoms with van der Waals surface area (Å²) in [5.74, 6) is 0. The summed E-state index contributed by atoms with van der Waals surface area (Å²) >= 11 is 9.58. The lowest BCUT2D eigenvalue weighted by molar-refractivity contribution is 0.712. The second-order valence-electron chi connectivity index (χ2n) is 5.98. The molecule has 1 aromatic heterocycles. The van der Waals surface area contributed by atoms with Gasteiger partial charge in [0, 0.05) is 14.2 Å². The molecule has 0 aliphatic heterocycles. The molecule has 112 valence electrons. The number of hydrogen-bond acceptors (Lipinski definition) is 1. The molecule has 0 amide bonds. The van der Waals surface area contributed by atoms with Crippen LogP contribution in [0.5, 0.6) is 0 Å². The molecule has 1 aromatic carbocycles. The van der Waals surface area contributed by atoms with Crippen LogP contribution >= 0.6 is 43.2 Å². The van der Waals surface area contributed by atoms with Gasteiger partial charge >= 0.3 is 0 Å². The van der Waals surface area contributed by atoms with Crippen molar-refractivity contribution in [2.45, 2.75) is 50.8 Å². The molecule has 0 nitrogen and oxygen atoms in total. The standard InChI is InChI=1S/C18H20Br2S/c1-11-9-15(19)12(2)8-14(11)18(20)17-10-13-6-4-3-5-7-16(13)21-17/h8-10,18H,3-7H2,1-2H3. The lowest BCUT2D eigenvalue weighted by Gasteiger charge is -2.14. The summed E-state index contributed by atoms with van der Waals surface area (Å²) in [6, 6.07) is 6.99. The van der Waals surface area contributed by atoms with Crippen molar-refractivity contribution >= 4 is 43.2 Å². The number of alkyl halides is 1. The maximum atomic E-state index is 3.94. The highest BCUT2D eigenvalue weighted by molar-refractivity contribution is 9.10. The molecule has 3 rings (SSSR count). The van der Waals surface area contributed by atoms with Gasteiger partial charge in [-0.1, -0.05) is 44.3 Å². The molecule has 1 heterocycles. The van der Waals surface area contributed by atoms with Gasteiger partial charge in [-0.25, -0.2) is 0 Å². The lowest BCUT2D eigenvalue weighted by atomic mass is 10.0. The molecular weight excluding hydrogens is 408 g/mol. The number of hydrogen-bond donors (Lipinski definition) is 0. The van der Waals surface area contributed by atoms with E-state index in [1.54, 1.807) is 10.4 Å². The molecule has 0 spiro atoms. The van der Waals surface area contributed by atoms with Crippen LogP contribution in [0.1, 0.15) is 56.1 Å². The Bertz CT molecular complexity index is 634. The van der Waals surface area contributed by atoms with Crippen LogP contribution in [0.25, 0.3) is 0 Å². The van der Waals surface area contributed by atoms with Gasteiger partial charge < -0.3 is 0 Å². The van der Waals surface area contributed by atoms with Crippen LogP contribution in [-0.4, -0.2) is 0 Å². The second-order valence-corrected chi connectivity index (χ2v) is 8.92. The van der Waals surface area contributed by atoms with Crippen molar-refractivity contribution in [2.75, 3.05) is 0 Å². The third-order valence-corrected chi connectivity index (χ3v) is 7.78. The van der Waals surface area contributed by atoms with E-state index in [1.165, 1.54) is 58.1 Å². The first-order valence-electron chi connectivity index (χ1n) is 7.58. The maximum Gasteiger partial charge on any atom is 0.0740 e. The summed E-state index contributed by atoms with van der Waals surface area (Å²) in [4.78, 5) is 3.41. The van der Waals surface area contributed by atoms with E-state index in [9.17, 15) is 0 Å². The van der Waals surface area contributed by atoms with Crippen molar-refractivity contribution in [3.8, 4) is 0 Å². The Morgan fingerprint density at radius 3 is 2.57 bits per heavy atom. The molecule has 0 fully saturated rings. The fraction of sp³-hybridized carbons (Fsp3) is 0.444. The zero-order valence-corrected chi connectivity index (χ0v) is 16.5. The summed E-state index contributed by atoms with van der Waals surface area (Å²) in [6.45, 7) is 4.36.